The molecule has 156 valence electrons. The molecule has 0 amide bonds. The third-order valence-corrected chi connectivity index (χ3v) is 5.73. The first-order valence-electron chi connectivity index (χ1n) is 10.5. The van der Waals surface area contributed by atoms with Gasteiger partial charge in [0.25, 0.3) is 0 Å². The number of benzene rings is 3. The Morgan fingerprint density at radius 3 is 2.03 bits per heavy atom. The van der Waals surface area contributed by atoms with Crippen molar-refractivity contribution in [3.05, 3.63) is 93.5 Å². The number of hydrogen-bond donors (Lipinski definition) is 1. The average Bonchev–Trinajstić information content (AvgIpc) is 3.19. The predicted octanol–water partition coefficient (Wildman–Crippen LogP) is 5.00. The van der Waals surface area contributed by atoms with E-state index < -0.39 is 0 Å². The number of hydrogen-bond acceptors (Lipinski definition) is 4. The molecule has 0 aromatic heterocycles. The summed E-state index contributed by atoms with van der Waals surface area (Å²) in [7, 11) is 0. The Bertz CT molecular complexity index is 1000. The van der Waals surface area contributed by atoms with Crippen LogP contribution in [0.5, 0.6) is 11.5 Å². The zero-order valence-electron chi connectivity index (χ0n) is 18.1. The van der Waals surface area contributed by atoms with Crippen molar-refractivity contribution in [2.45, 2.75) is 47.0 Å². The maximum Gasteiger partial charge on any atom is 0.231 e. The van der Waals surface area contributed by atoms with E-state index in [0.717, 1.165) is 36.7 Å². The highest BCUT2D eigenvalue weighted by atomic mass is 16.7. The minimum atomic E-state index is 0.303. The molecule has 0 aliphatic carbocycles. The smallest absolute Gasteiger partial charge is 0.231 e. The lowest BCUT2D eigenvalue weighted by molar-refractivity contribution is 0.174. The normalized spacial score (nSPS) is 12.6. The molecule has 4 heteroatoms. The summed E-state index contributed by atoms with van der Waals surface area (Å²) in [5.74, 6) is 1.66. The number of rotatable bonds is 7. The molecule has 4 rings (SSSR count). The van der Waals surface area contributed by atoms with Crippen LogP contribution in [-0.4, -0.2) is 11.7 Å². The lowest BCUT2D eigenvalue weighted by atomic mass is 9.99. The van der Waals surface area contributed by atoms with Crippen LogP contribution >= 0.6 is 0 Å². The van der Waals surface area contributed by atoms with E-state index >= 15 is 0 Å². The van der Waals surface area contributed by atoms with Gasteiger partial charge in [0.2, 0.25) is 6.79 Å². The van der Waals surface area contributed by atoms with Gasteiger partial charge in [0.15, 0.2) is 11.5 Å². The Hall–Kier alpha value is -2.82. The van der Waals surface area contributed by atoms with Gasteiger partial charge in [0, 0.05) is 26.2 Å². The second-order valence-electron chi connectivity index (χ2n) is 8.23. The number of nitrogens with two attached hydrogens (primary N) is 1. The van der Waals surface area contributed by atoms with Crippen LogP contribution in [0.2, 0.25) is 0 Å². The van der Waals surface area contributed by atoms with Crippen LogP contribution in [0.1, 0.15) is 38.9 Å². The minimum Gasteiger partial charge on any atom is -0.454 e. The largest absolute Gasteiger partial charge is 0.454 e. The van der Waals surface area contributed by atoms with E-state index in [1.165, 1.54) is 33.4 Å². The Morgan fingerprint density at radius 1 is 0.733 bits per heavy atom. The molecule has 0 unspecified atom stereocenters. The van der Waals surface area contributed by atoms with E-state index in [1.54, 1.807) is 0 Å². The van der Waals surface area contributed by atoms with E-state index in [0.29, 0.717) is 13.3 Å². The molecule has 0 spiro atoms. The minimum absolute atomic E-state index is 0.303. The topological polar surface area (TPSA) is 47.7 Å². The molecule has 0 atom stereocenters. The van der Waals surface area contributed by atoms with E-state index in [9.17, 15) is 0 Å². The van der Waals surface area contributed by atoms with Crippen molar-refractivity contribution >= 4 is 0 Å². The summed E-state index contributed by atoms with van der Waals surface area (Å²) >= 11 is 0. The van der Waals surface area contributed by atoms with Gasteiger partial charge in [-0.2, -0.15) is 0 Å². The highest BCUT2D eigenvalue weighted by molar-refractivity contribution is 5.44. The monoisotopic (exact) mass is 402 g/mol. The zero-order chi connectivity index (χ0) is 21.1. The fraction of sp³-hybridized carbons (Fsp3) is 0.308. The van der Waals surface area contributed by atoms with Crippen molar-refractivity contribution in [3.8, 4) is 11.5 Å². The first kappa shape index (κ1) is 20.5. The highest BCUT2D eigenvalue weighted by Gasteiger charge is 2.16. The van der Waals surface area contributed by atoms with Crippen molar-refractivity contribution in [1.82, 2.24) is 4.90 Å². The van der Waals surface area contributed by atoms with Crippen molar-refractivity contribution < 1.29 is 9.47 Å². The number of aryl methyl sites for hydroxylation is 3. The fourth-order valence-corrected chi connectivity index (χ4v) is 4.19. The molecule has 1 aliphatic heterocycles. The quantitative estimate of drug-likeness (QED) is 0.604. The maximum atomic E-state index is 5.76. The molecule has 0 radical (unpaired) electrons. The van der Waals surface area contributed by atoms with Gasteiger partial charge >= 0.3 is 0 Å². The number of ether oxygens (including phenoxy) is 2. The van der Waals surface area contributed by atoms with Crippen molar-refractivity contribution in [3.63, 3.8) is 0 Å². The first-order valence-corrected chi connectivity index (χ1v) is 10.5. The van der Waals surface area contributed by atoms with Gasteiger partial charge in [-0.15, -0.1) is 0 Å². The molecule has 0 fully saturated rings. The van der Waals surface area contributed by atoms with Crippen LogP contribution in [0.25, 0.3) is 0 Å². The Balaban J connectivity index is 1.60. The van der Waals surface area contributed by atoms with Crippen LogP contribution in [-0.2, 0) is 26.2 Å². The van der Waals surface area contributed by atoms with Crippen LogP contribution in [0.4, 0.5) is 0 Å². The van der Waals surface area contributed by atoms with Gasteiger partial charge in [-0.25, -0.2) is 0 Å². The van der Waals surface area contributed by atoms with Gasteiger partial charge < -0.3 is 15.2 Å². The summed E-state index contributed by atoms with van der Waals surface area (Å²) in [4.78, 5) is 2.49. The number of nitrogens with zero attached hydrogens (tertiary/aromatic N) is 1. The second kappa shape index (κ2) is 8.90. The summed E-state index contributed by atoms with van der Waals surface area (Å²) in [6.07, 6.45) is 0. The van der Waals surface area contributed by atoms with Gasteiger partial charge in [-0.3, -0.25) is 4.90 Å². The zero-order valence-corrected chi connectivity index (χ0v) is 18.1. The molecule has 0 bridgehead atoms. The van der Waals surface area contributed by atoms with Crippen molar-refractivity contribution in [2.75, 3.05) is 6.79 Å². The lowest BCUT2D eigenvalue weighted by Crippen LogP contribution is -2.23. The number of fused-ring (bicyclic) bond motifs is 1. The van der Waals surface area contributed by atoms with Crippen molar-refractivity contribution in [1.29, 1.82) is 0 Å². The van der Waals surface area contributed by atoms with Crippen LogP contribution in [0, 0.1) is 20.8 Å². The van der Waals surface area contributed by atoms with Crippen molar-refractivity contribution in [2.24, 2.45) is 5.73 Å². The second-order valence-corrected chi connectivity index (χ2v) is 8.23. The summed E-state index contributed by atoms with van der Waals surface area (Å²) in [6.45, 7) is 10.1. The average molecular weight is 403 g/mol. The fourth-order valence-electron chi connectivity index (χ4n) is 4.19. The summed E-state index contributed by atoms with van der Waals surface area (Å²) in [6, 6.07) is 19.4. The third kappa shape index (κ3) is 4.66. The molecular formula is C26H30N2O2. The Morgan fingerprint density at radius 2 is 1.33 bits per heavy atom. The van der Waals surface area contributed by atoms with Crippen LogP contribution in [0.3, 0.4) is 0 Å². The van der Waals surface area contributed by atoms with Gasteiger partial charge in [-0.05, 0) is 66.3 Å². The van der Waals surface area contributed by atoms with Crippen LogP contribution in [0.15, 0.2) is 54.6 Å². The molecule has 3 aromatic carbocycles. The molecule has 4 nitrogen and oxygen atoms in total. The van der Waals surface area contributed by atoms with Gasteiger partial charge in [-0.1, -0.05) is 48.0 Å². The Labute approximate surface area is 179 Å². The van der Waals surface area contributed by atoms with Crippen LogP contribution < -0.4 is 15.2 Å². The summed E-state index contributed by atoms with van der Waals surface area (Å²) in [5, 5.41) is 0. The molecule has 1 heterocycles. The summed E-state index contributed by atoms with van der Waals surface area (Å²) < 4.78 is 11.0. The molecule has 30 heavy (non-hydrogen) atoms. The van der Waals surface area contributed by atoms with Gasteiger partial charge in [0.05, 0.1) is 0 Å². The van der Waals surface area contributed by atoms with E-state index in [1.807, 2.05) is 6.07 Å². The predicted molar refractivity (Wildman–Crippen MR) is 121 cm³/mol. The van der Waals surface area contributed by atoms with E-state index in [4.69, 9.17) is 15.2 Å². The third-order valence-electron chi connectivity index (χ3n) is 5.73. The van der Waals surface area contributed by atoms with E-state index in [-0.39, 0.29) is 0 Å². The van der Waals surface area contributed by atoms with E-state index in [2.05, 4.69) is 74.2 Å². The maximum absolute atomic E-state index is 5.76. The molecule has 1 aliphatic rings. The highest BCUT2D eigenvalue weighted by Crippen LogP contribution is 2.33. The first-order chi connectivity index (χ1) is 14.5. The molecular weight excluding hydrogens is 372 g/mol. The van der Waals surface area contributed by atoms with Gasteiger partial charge in [0.1, 0.15) is 0 Å². The summed E-state index contributed by atoms with van der Waals surface area (Å²) in [5.41, 5.74) is 14.8. The SMILES string of the molecule is Cc1cc(C)c(CN(Cc2ccc(CN)cc2)Cc2ccc3c(c2)OCO3)c(C)c1. The Kier molecular flexibility index (Phi) is 6.07. The molecule has 0 saturated carbocycles. The molecule has 2 N–H and O–H groups in total. The lowest BCUT2D eigenvalue weighted by Gasteiger charge is -2.25. The standard InChI is InChI=1S/C26H30N2O2/c1-18-10-19(2)24(20(3)11-18)16-28(14-22-6-4-21(13-27)5-7-22)15-23-8-9-25-26(12-23)30-17-29-25/h4-12H,13-17,27H2,1-3H3. The molecule has 0 saturated heterocycles. The molecule has 3 aromatic rings.